The molecule has 1 fully saturated rings. The normalized spacial score (nSPS) is 19.5. The summed E-state index contributed by atoms with van der Waals surface area (Å²) < 4.78 is 13.0. The maximum Gasteiger partial charge on any atom is 0.347 e. The molecule has 1 unspecified atom stereocenters. The van der Waals surface area contributed by atoms with E-state index in [0.717, 1.165) is 11.3 Å². The van der Waals surface area contributed by atoms with E-state index >= 15 is 0 Å². The van der Waals surface area contributed by atoms with E-state index in [0.29, 0.717) is 26.1 Å². The first-order chi connectivity index (χ1) is 12.5. The number of para-hydroxylation sites is 1. The van der Waals surface area contributed by atoms with Crippen molar-refractivity contribution in [2.75, 3.05) is 26.8 Å². The molecule has 1 amide bonds. The standard InChI is InChI=1S/C19H23N3O4/c1-15-6-3-4-7-16(15)26-14-19(25-2)8-11-22(13-19)17(23)12-21-10-5-9-20-18(21)24/h3-7,9-10H,8,11-14H2,1-2H3. The van der Waals surface area contributed by atoms with Gasteiger partial charge in [0.15, 0.2) is 0 Å². The second kappa shape index (κ2) is 7.70. The molecule has 0 radical (unpaired) electrons. The fraction of sp³-hybridized carbons (Fsp3) is 0.421. The lowest BCUT2D eigenvalue weighted by atomic mass is 10.0. The summed E-state index contributed by atoms with van der Waals surface area (Å²) in [5, 5.41) is 0. The van der Waals surface area contributed by atoms with Crippen LogP contribution >= 0.6 is 0 Å². The molecular weight excluding hydrogens is 334 g/mol. The summed E-state index contributed by atoms with van der Waals surface area (Å²) in [5.74, 6) is 0.686. The Bertz CT molecular complexity index is 835. The topological polar surface area (TPSA) is 73.7 Å². The highest BCUT2D eigenvalue weighted by Crippen LogP contribution is 2.27. The molecule has 26 heavy (non-hydrogen) atoms. The summed E-state index contributed by atoms with van der Waals surface area (Å²) >= 11 is 0. The number of hydrogen-bond acceptors (Lipinski definition) is 5. The Hall–Kier alpha value is -2.67. The molecule has 7 heteroatoms. The molecule has 0 spiro atoms. The first kappa shape index (κ1) is 18.1. The third-order valence-electron chi connectivity index (χ3n) is 4.77. The van der Waals surface area contributed by atoms with Gasteiger partial charge >= 0.3 is 5.69 Å². The third kappa shape index (κ3) is 3.94. The van der Waals surface area contributed by atoms with Crippen molar-refractivity contribution in [1.29, 1.82) is 0 Å². The largest absolute Gasteiger partial charge is 0.490 e. The number of aromatic nitrogens is 2. The molecular formula is C19H23N3O4. The molecule has 1 saturated heterocycles. The van der Waals surface area contributed by atoms with Crippen LogP contribution in [0.1, 0.15) is 12.0 Å². The van der Waals surface area contributed by atoms with Gasteiger partial charge in [-0.2, -0.15) is 0 Å². The van der Waals surface area contributed by atoms with Gasteiger partial charge in [0.25, 0.3) is 0 Å². The number of benzene rings is 1. The monoisotopic (exact) mass is 357 g/mol. The van der Waals surface area contributed by atoms with Crippen molar-refractivity contribution in [2.45, 2.75) is 25.5 Å². The highest BCUT2D eigenvalue weighted by molar-refractivity contribution is 5.76. The number of amides is 1. The van der Waals surface area contributed by atoms with E-state index in [9.17, 15) is 9.59 Å². The molecule has 7 nitrogen and oxygen atoms in total. The van der Waals surface area contributed by atoms with Gasteiger partial charge in [0.1, 0.15) is 24.5 Å². The summed E-state index contributed by atoms with van der Waals surface area (Å²) in [6, 6.07) is 9.44. The number of carbonyl (C=O) groups excluding carboxylic acids is 1. The van der Waals surface area contributed by atoms with Gasteiger partial charge in [-0.15, -0.1) is 0 Å². The zero-order chi connectivity index (χ0) is 18.6. The summed E-state index contributed by atoms with van der Waals surface area (Å²) in [6.07, 6.45) is 3.66. The minimum absolute atomic E-state index is 0.0227. The number of rotatable bonds is 6. The van der Waals surface area contributed by atoms with Crippen molar-refractivity contribution >= 4 is 5.91 Å². The average Bonchev–Trinajstić information content (AvgIpc) is 3.08. The van der Waals surface area contributed by atoms with Crippen LogP contribution in [0.4, 0.5) is 0 Å². The van der Waals surface area contributed by atoms with Gasteiger partial charge in [-0.05, 0) is 31.0 Å². The predicted octanol–water partition coefficient (Wildman–Crippen LogP) is 1.25. The second-order valence-corrected chi connectivity index (χ2v) is 6.54. The summed E-state index contributed by atoms with van der Waals surface area (Å²) in [4.78, 5) is 29.6. The van der Waals surface area contributed by atoms with Gasteiger partial charge in [-0.1, -0.05) is 18.2 Å². The van der Waals surface area contributed by atoms with Gasteiger partial charge < -0.3 is 14.4 Å². The van der Waals surface area contributed by atoms with Gasteiger partial charge in [0.05, 0.1) is 6.54 Å². The van der Waals surface area contributed by atoms with Crippen molar-refractivity contribution in [3.05, 3.63) is 58.8 Å². The first-order valence-electron chi connectivity index (χ1n) is 8.56. The average molecular weight is 357 g/mol. The number of likely N-dealkylation sites (tertiary alicyclic amines) is 1. The van der Waals surface area contributed by atoms with Crippen LogP contribution in [0.2, 0.25) is 0 Å². The molecule has 0 saturated carbocycles. The van der Waals surface area contributed by atoms with E-state index in [4.69, 9.17) is 9.47 Å². The molecule has 1 atom stereocenters. The third-order valence-corrected chi connectivity index (χ3v) is 4.77. The minimum atomic E-state index is -0.544. The molecule has 0 aliphatic carbocycles. The van der Waals surface area contributed by atoms with Gasteiger partial charge in [0, 0.05) is 26.0 Å². The quantitative estimate of drug-likeness (QED) is 0.778. The van der Waals surface area contributed by atoms with Crippen LogP contribution in [0.3, 0.4) is 0 Å². The maximum absolute atomic E-state index is 12.5. The smallest absolute Gasteiger partial charge is 0.347 e. The van der Waals surface area contributed by atoms with Crippen LogP contribution < -0.4 is 10.4 Å². The SMILES string of the molecule is COC1(COc2ccccc2C)CCN(C(=O)Cn2cccnc2=O)C1. The highest BCUT2D eigenvalue weighted by Gasteiger charge is 2.41. The lowest BCUT2D eigenvalue weighted by Crippen LogP contribution is -2.43. The summed E-state index contributed by atoms with van der Waals surface area (Å²) in [5.41, 5.74) is 0.0826. The number of ether oxygens (including phenoxy) is 2. The Labute approximate surface area is 152 Å². The van der Waals surface area contributed by atoms with Crippen molar-refractivity contribution in [2.24, 2.45) is 0 Å². The lowest BCUT2D eigenvalue weighted by molar-refractivity contribution is -0.132. The number of hydrogen-bond donors (Lipinski definition) is 0. The minimum Gasteiger partial charge on any atom is -0.490 e. The van der Waals surface area contributed by atoms with E-state index < -0.39 is 11.3 Å². The molecule has 1 aromatic carbocycles. The molecule has 1 aromatic heterocycles. The van der Waals surface area contributed by atoms with Crippen molar-refractivity contribution in [1.82, 2.24) is 14.5 Å². The van der Waals surface area contributed by atoms with E-state index in [1.54, 1.807) is 24.3 Å². The van der Waals surface area contributed by atoms with E-state index in [1.807, 2.05) is 31.2 Å². The Kier molecular flexibility index (Phi) is 5.37. The molecule has 2 aromatic rings. The zero-order valence-corrected chi connectivity index (χ0v) is 15.1. The predicted molar refractivity (Wildman–Crippen MR) is 96.1 cm³/mol. The van der Waals surface area contributed by atoms with Crippen LogP contribution in [0.25, 0.3) is 0 Å². The Morgan fingerprint density at radius 3 is 2.85 bits per heavy atom. The van der Waals surface area contributed by atoms with Crippen molar-refractivity contribution < 1.29 is 14.3 Å². The van der Waals surface area contributed by atoms with E-state index in [-0.39, 0.29) is 12.5 Å². The van der Waals surface area contributed by atoms with E-state index in [2.05, 4.69) is 4.98 Å². The van der Waals surface area contributed by atoms with Crippen molar-refractivity contribution in [3.8, 4) is 5.75 Å². The van der Waals surface area contributed by atoms with Crippen LogP contribution in [0, 0.1) is 6.92 Å². The molecule has 1 aliphatic heterocycles. The molecule has 3 rings (SSSR count). The highest BCUT2D eigenvalue weighted by atomic mass is 16.5. The van der Waals surface area contributed by atoms with Crippen LogP contribution in [-0.4, -0.2) is 52.8 Å². The summed E-state index contributed by atoms with van der Waals surface area (Å²) in [6.45, 7) is 3.34. The molecule has 2 heterocycles. The lowest BCUT2D eigenvalue weighted by Gasteiger charge is -2.28. The zero-order valence-electron chi connectivity index (χ0n) is 15.1. The number of nitrogens with zero attached hydrogens (tertiary/aromatic N) is 3. The van der Waals surface area contributed by atoms with Gasteiger partial charge in [0.2, 0.25) is 5.91 Å². The van der Waals surface area contributed by atoms with Crippen LogP contribution in [0.5, 0.6) is 5.75 Å². The number of aryl methyl sites for hydroxylation is 1. The molecule has 138 valence electrons. The second-order valence-electron chi connectivity index (χ2n) is 6.54. The fourth-order valence-electron chi connectivity index (χ4n) is 3.08. The fourth-order valence-corrected chi connectivity index (χ4v) is 3.08. The van der Waals surface area contributed by atoms with Crippen LogP contribution in [-0.2, 0) is 16.1 Å². The summed E-state index contributed by atoms with van der Waals surface area (Å²) in [7, 11) is 1.64. The number of methoxy groups -OCH3 is 1. The van der Waals surface area contributed by atoms with Crippen molar-refractivity contribution in [3.63, 3.8) is 0 Å². The first-order valence-corrected chi connectivity index (χ1v) is 8.56. The molecule has 1 aliphatic rings. The Balaban J connectivity index is 1.63. The molecule has 0 N–H and O–H groups in total. The Morgan fingerprint density at radius 1 is 1.31 bits per heavy atom. The van der Waals surface area contributed by atoms with E-state index in [1.165, 1.54) is 10.8 Å². The Morgan fingerprint density at radius 2 is 2.12 bits per heavy atom. The number of carbonyl (C=O) groups is 1. The van der Waals surface area contributed by atoms with Gasteiger partial charge in [-0.3, -0.25) is 9.36 Å². The molecule has 0 bridgehead atoms. The van der Waals surface area contributed by atoms with Crippen LogP contribution in [0.15, 0.2) is 47.5 Å². The maximum atomic E-state index is 12.5. The van der Waals surface area contributed by atoms with Gasteiger partial charge in [-0.25, -0.2) is 9.78 Å².